The molecule has 4 heterocycles. The third kappa shape index (κ3) is 2.88. The molecule has 1 aliphatic rings. The average molecular weight is 370 g/mol. The number of aromatic nitrogens is 4. The third-order valence-electron chi connectivity index (χ3n) is 4.57. The zero-order chi connectivity index (χ0) is 19.1. The maximum absolute atomic E-state index is 12.7. The maximum Gasteiger partial charge on any atom is 0.433 e. The van der Waals surface area contributed by atoms with E-state index in [0.717, 1.165) is 11.3 Å². The minimum Gasteiger partial charge on any atom is -0.395 e. The molecule has 0 atom stereocenters. The van der Waals surface area contributed by atoms with Crippen molar-refractivity contribution in [2.75, 3.05) is 6.54 Å². The highest BCUT2D eigenvalue weighted by Crippen LogP contribution is 2.31. The van der Waals surface area contributed by atoms with Crippen LogP contribution in [0.1, 0.15) is 41.7 Å². The molecule has 1 N–H and O–H groups in total. The minimum absolute atomic E-state index is 0.0408. The van der Waals surface area contributed by atoms with Gasteiger partial charge in [-0.25, -0.2) is 4.98 Å². The van der Waals surface area contributed by atoms with Gasteiger partial charge in [-0.1, -0.05) is 0 Å². The Kier molecular flexibility index (Phi) is 4.02. The Morgan fingerprint density at radius 3 is 2.85 bits per heavy atom. The number of fused-ring (bicyclic) bond motifs is 1. The molecule has 0 saturated heterocycles. The number of hydrogen-bond donors (Lipinski definition) is 1. The lowest BCUT2D eigenvalue weighted by Gasteiger charge is -2.27. The first-order chi connectivity index (χ1) is 13.0. The zero-order valence-electron chi connectivity index (χ0n) is 14.9. The van der Waals surface area contributed by atoms with Crippen LogP contribution in [-0.2, 0) is 13.0 Å². The van der Waals surface area contributed by atoms with E-state index in [1.54, 1.807) is 17.3 Å². The number of furan rings is 1. The second-order valence-corrected chi connectivity index (χ2v) is 6.62. The van der Waals surface area contributed by atoms with Crippen molar-refractivity contribution < 1.29 is 14.1 Å². The highest BCUT2D eigenvalue weighted by atomic mass is 16.6. The van der Waals surface area contributed by atoms with Crippen molar-refractivity contribution in [1.29, 1.82) is 0 Å². The lowest BCUT2D eigenvalue weighted by molar-refractivity contribution is -0.402. The Hall–Kier alpha value is -3.43. The predicted octanol–water partition coefficient (Wildman–Crippen LogP) is 2.55. The van der Waals surface area contributed by atoms with Crippen LogP contribution in [0.4, 0.5) is 5.88 Å². The number of nitrogens with one attached hydrogen (secondary N) is 1. The molecule has 0 aromatic carbocycles. The molecule has 140 valence electrons. The number of nitrogens with zero attached hydrogens (tertiary/aromatic N) is 5. The smallest absolute Gasteiger partial charge is 0.395 e. The molecule has 0 fully saturated rings. The van der Waals surface area contributed by atoms with E-state index in [2.05, 4.69) is 23.8 Å². The summed E-state index contributed by atoms with van der Waals surface area (Å²) in [5.74, 6) is -0.217. The third-order valence-corrected chi connectivity index (χ3v) is 4.57. The molecular formula is C17H18N6O4. The molecule has 10 nitrogen and oxygen atoms in total. The van der Waals surface area contributed by atoms with Gasteiger partial charge in [0.05, 0.1) is 12.6 Å². The highest BCUT2D eigenvalue weighted by molar-refractivity contribution is 5.92. The number of aromatic amines is 1. The molecule has 1 aliphatic heterocycles. The number of imidazole rings is 1. The van der Waals surface area contributed by atoms with Crippen LogP contribution in [0.15, 0.2) is 28.9 Å². The van der Waals surface area contributed by atoms with Crippen LogP contribution in [0.3, 0.4) is 0 Å². The molecule has 10 heteroatoms. The van der Waals surface area contributed by atoms with Gasteiger partial charge >= 0.3 is 5.88 Å². The fourth-order valence-electron chi connectivity index (χ4n) is 3.33. The van der Waals surface area contributed by atoms with Gasteiger partial charge in [0, 0.05) is 42.7 Å². The lowest BCUT2D eigenvalue weighted by atomic mass is 10.0. The molecule has 0 saturated carbocycles. The summed E-state index contributed by atoms with van der Waals surface area (Å²) in [5.41, 5.74) is 2.72. The first-order valence-corrected chi connectivity index (χ1v) is 8.59. The van der Waals surface area contributed by atoms with Crippen molar-refractivity contribution in [1.82, 2.24) is 24.6 Å². The van der Waals surface area contributed by atoms with Crippen molar-refractivity contribution in [2.24, 2.45) is 0 Å². The van der Waals surface area contributed by atoms with Crippen molar-refractivity contribution >= 4 is 11.8 Å². The number of hydrogen-bond acceptors (Lipinski definition) is 6. The number of carbonyl (C=O) groups excluding carboxylic acids is 1. The van der Waals surface area contributed by atoms with Gasteiger partial charge in [0.15, 0.2) is 11.6 Å². The molecule has 0 aliphatic carbocycles. The van der Waals surface area contributed by atoms with Gasteiger partial charge in [-0.2, -0.15) is 5.10 Å². The number of amides is 1. The molecule has 1 amide bonds. The van der Waals surface area contributed by atoms with Crippen molar-refractivity contribution in [2.45, 2.75) is 32.9 Å². The fourth-order valence-corrected chi connectivity index (χ4v) is 3.33. The first-order valence-electron chi connectivity index (χ1n) is 8.59. The van der Waals surface area contributed by atoms with Crippen LogP contribution in [0, 0.1) is 10.1 Å². The van der Waals surface area contributed by atoms with E-state index in [1.807, 2.05) is 4.68 Å². The standard InChI is InChI=1S/C17H18N6O4/c1-10(2)22-12-5-8-21(17(24)13-3-4-14(27-13)23(25)26)9-11(12)15(20-22)16-18-6-7-19-16/h3-4,6-7,10H,5,8-9H2,1-2H3,(H,18,19). The van der Waals surface area contributed by atoms with Gasteiger partial charge in [0.25, 0.3) is 5.91 Å². The summed E-state index contributed by atoms with van der Waals surface area (Å²) in [6, 6.07) is 2.70. The summed E-state index contributed by atoms with van der Waals surface area (Å²) in [7, 11) is 0. The highest BCUT2D eigenvalue weighted by Gasteiger charge is 2.31. The quantitative estimate of drug-likeness (QED) is 0.556. The van der Waals surface area contributed by atoms with Gasteiger partial charge < -0.3 is 14.3 Å². The number of H-pyrrole nitrogens is 1. The van der Waals surface area contributed by atoms with Crippen LogP contribution in [0.2, 0.25) is 0 Å². The summed E-state index contributed by atoms with van der Waals surface area (Å²) < 4.78 is 7.03. The van der Waals surface area contributed by atoms with Crippen LogP contribution in [0.5, 0.6) is 0 Å². The normalized spacial score (nSPS) is 13.8. The van der Waals surface area contributed by atoms with Crippen molar-refractivity contribution in [3.63, 3.8) is 0 Å². The Balaban J connectivity index is 1.67. The van der Waals surface area contributed by atoms with Gasteiger partial charge in [-0.3, -0.25) is 19.6 Å². The van der Waals surface area contributed by atoms with E-state index < -0.39 is 10.8 Å². The molecular weight excluding hydrogens is 352 g/mol. The number of nitro groups is 1. The Bertz CT molecular complexity index is 1000. The topological polar surface area (TPSA) is 123 Å². The summed E-state index contributed by atoms with van der Waals surface area (Å²) in [6.45, 7) is 4.93. The minimum atomic E-state index is -0.660. The van der Waals surface area contributed by atoms with E-state index in [9.17, 15) is 14.9 Å². The fraction of sp³-hybridized carbons (Fsp3) is 0.353. The lowest BCUT2D eigenvalue weighted by Crippen LogP contribution is -2.36. The zero-order valence-corrected chi connectivity index (χ0v) is 14.9. The molecule has 0 bridgehead atoms. The second-order valence-electron chi connectivity index (χ2n) is 6.62. The Morgan fingerprint density at radius 2 is 2.22 bits per heavy atom. The van der Waals surface area contributed by atoms with E-state index in [0.29, 0.717) is 31.0 Å². The van der Waals surface area contributed by atoms with E-state index in [-0.39, 0.29) is 17.7 Å². The Labute approximate surface area is 153 Å². The summed E-state index contributed by atoms with van der Waals surface area (Å²) in [6.07, 6.45) is 4.02. The second kappa shape index (κ2) is 6.38. The Morgan fingerprint density at radius 1 is 1.41 bits per heavy atom. The first kappa shape index (κ1) is 17.0. The summed E-state index contributed by atoms with van der Waals surface area (Å²) in [4.78, 5) is 31.8. The summed E-state index contributed by atoms with van der Waals surface area (Å²) in [5, 5.41) is 15.5. The maximum atomic E-state index is 12.7. The SMILES string of the molecule is CC(C)n1nc(-c2ncc[nH]2)c2c1CCN(C(=O)c1ccc([N+](=O)[O-])o1)C2. The molecule has 27 heavy (non-hydrogen) atoms. The molecule has 0 radical (unpaired) electrons. The number of carbonyl (C=O) groups is 1. The average Bonchev–Trinajstić information content (AvgIpc) is 3.38. The molecule has 4 rings (SSSR count). The molecule has 3 aromatic heterocycles. The van der Waals surface area contributed by atoms with Crippen LogP contribution in [-0.4, -0.2) is 42.0 Å². The molecule has 0 unspecified atom stereocenters. The van der Waals surface area contributed by atoms with E-state index in [1.165, 1.54) is 12.1 Å². The van der Waals surface area contributed by atoms with Crippen LogP contribution >= 0.6 is 0 Å². The van der Waals surface area contributed by atoms with Crippen molar-refractivity contribution in [3.8, 4) is 11.5 Å². The van der Waals surface area contributed by atoms with E-state index in [4.69, 9.17) is 9.52 Å². The van der Waals surface area contributed by atoms with Gasteiger partial charge in [-0.15, -0.1) is 0 Å². The molecule has 3 aromatic rings. The number of rotatable bonds is 4. The predicted molar refractivity (Wildman–Crippen MR) is 94.0 cm³/mol. The van der Waals surface area contributed by atoms with Crippen LogP contribution < -0.4 is 0 Å². The van der Waals surface area contributed by atoms with E-state index >= 15 is 0 Å². The van der Waals surface area contributed by atoms with Gasteiger partial charge in [0.2, 0.25) is 0 Å². The largest absolute Gasteiger partial charge is 0.433 e. The monoisotopic (exact) mass is 370 g/mol. The van der Waals surface area contributed by atoms with Gasteiger partial charge in [-0.05, 0) is 19.9 Å². The summed E-state index contributed by atoms with van der Waals surface area (Å²) >= 11 is 0. The van der Waals surface area contributed by atoms with Crippen molar-refractivity contribution in [3.05, 3.63) is 51.7 Å². The van der Waals surface area contributed by atoms with Crippen LogP contribution in [0.25, 0.3) is 11.5 Å². The molecule has 0 spiro atoms. The van der Waals surface area contributed by atoms with Gasteiger partial charge in [0.1, 0.15) is 10.6 Å².